The number of nitrogens with one attached hydrogen (secondary N) is 1. The van der Waals surface area contributed by atoms with Crippen molar-refractivity contribution in [3.8, 4) is 11.1 Å². The molecule has 7 heteroatoms. The maximum Gasteiger partial charge on any atom is 0.267 e. The van der Waals surface area contributed by atoms with Gasteiger partial charge in [-0.15, -0.1) is 0 Å². The molecule has 0 aliphatic rings. The molecule has 7 nitrogen and oxygen atoms in total. The van der Waals surface area contributed by atoms with E-state index >= 15 is 0 Å². The topological polar surface area (TPSA) is 66.3 Å². The van der Waals surface area contributed by atoms with Gasteiger partial charge in [-0.05, 0) is 20.2 Å². The van der Waals surface area contributed by atoms with Crippen LogP contribution in [0.2, 0.25) is 0 Å². The van der Waals surface area contributed by atoms with E-state index < -0.39 is 0 Å². The fraction of sp³-hybridized carbons (Fsp3) is 0.438. The van der Waals surface area contributed by atoms with Gasteiger partial charge >= 0.3 is 0 Å². The van der Waals surface area contributed by atoms with Gasteiger partial charge < -0.3 is 19.7 Å². The van der Waals surface area contributed by atoms with Gasteiger partial charge in [0, 0.05) is 63.9 Å². The van der Waals surface area contributed by atoms with Gasteiger partial charge in [0.25, 0.3) is 5.91 Å². The lowest BCUT2D eigenvalue weighted by Gasteiger charge is -2.10. The van der Waals surface area contributed by atoms with Crippen LogP contribution in [0, 0.1) is 0 Å². The number of aromatic nitrogens is 3. The van der Waals surface area contributed by atoms with Crippen molar-refractivity contribution in [3.63, 3.8) is 0 Å². The second-order valence-corrected chi connectivity index (χ2v) is 5.95. The summed E-state index contributed by atoms with van der Waals surface area (Å²) in [6.45, 7) is 1.43. The molecule has 0 fully saturated rings. The summed E-state index contributed by atoms with van der Waals surface area (Å²) in [5.41, 5.74) is 2.43. The van der Waals surface area contributed by atoms with E-state index in [1.54, 1.807) is 12.4 Å². The average Bonchev–Trinajstić information content (AvgIpc) is 2.89. The Morgan fingerprint density at radius 2 is 1.83 bits per heavy atom. The third kappa shape index (κ3) is 4.29. The maximum absolute atomic E-state index is 12.2. The molecule has 1 amide bonds. The Balaban J connectivity index is 2.12. The Morgan fingerprint density at radius 1 is 1.17 bits per heavy atom. The van der Waals surface area contributed by atoms with Gasteiger partial charge in [0.15, 0.2) is 0 Å². The fourth-order valence-electron chi connectivity index (χ4n) is 2.13. The van der Waals surface area contributed by atoms with Crippen LogP contribution in [0.4, 0.5) is 5.95 Å². The molecule has 0 atom stereocenters. The van der Waals surface area contributed by atoms with E-state index in [2.05, 4.69) is 15.3 Å². The quantitative estimate of drug-likeness (QED) is 0.855. The summed E-state index contributed by atoms with van der Waals surface area (Å²) in [4.78, 5) is 24.7. The van der Waals surface area contributed by atoms with Crippen LogP contribution in [0.25, 0.3) is 11.1 Å². The van der Waals surface area contributed by atoms with Crippen molar-refractivity contribution in [1.29, 1.82) is 0 Å². The molecule has 0 aliphatic carbocycles. The molecule has 2 aromatic rings. The van der Waals surface area contributed by atoms with Crippen molar-refractivity contribution in [2.45, 2.75) is 0 Å². The molecular weight excluding hydrogens is 292 g/mol. The Hall–Kier alpha value is -2.41. The van der Waals surface area contributed by atoms with E-state index in [4.69, 9.17) is 0 Å². The second kappa shape index (κ2) is 7.23. The monoisotopic (exact) mass is 316 g/mol. The molecule has 2 rings (SSSR count). The van der Waals surface area contributed by atoms with Crippen LogP contribution >= 0.6 is 0 Å². The molecule has 124 valence electrons. The van der Waals surface area contributed by atoms with Gasteiger partial charge in [-0.3, -0.25) is 4.79 Å². The Bertz CT molecular complexity index is 660. The number of hydrogen-bond donors (Lipinski definition) is 1. The summed E-state index contributed by atoms with van der Waals surface area (Å²) in [6, 6.07) is 1.86. The normalized spacial score (nSPS) is 10.9. The maximum atomic E-state index is 12.2. The minimum absolute atomic E-state index is 0.0774. The Kier molecular flexibility index (Phi) is 5.33. The zero-order valence-corrected chi connectivity index (χ0v) is 14.4. The van der Waals surface area contributed by atoms with Gasteiger partial charge in [-0.1, -0.05) is 0 Å². The smallest absolute Gasteiger partial charge is 0.267 e. The summed E-state index contributed by atoms with van der Waals surface area (Å²) in [5.74, 6) is 0.581. The summed E-state index contributed by atoms with van der Waals surface area (Å²) in [5, 5.41) is 2.92. The van der Waals surface area contributed by atoms with Gasteiger partial charge in [-0.2, -0.15) is 0 Å². The highest BCUT2D eigenvalue weighted by atomic mass is 16.1. The van der Waals surface area contributed by atoms with E-state index in [9.17, 15) is 4.79 Å². The standard InChI is InChI=1S/C16H24N6O/c1-20(2)7-6-17-15(23)14-8-12(11-22(14)5)13-9-18-16(19-10-13)21(3)4/h8-11H,6-7H2,1-5H3,(H,17,23). The molecule has 0 radical (unpaired) electrons. The van der Waals surface area contributed by atoms with E-state index in [1.807, 2.05) is 61.9 Å². The molecule has 0 aliphatic heterocycles. The fourth-order valence-corrected chi connectivity index (χ4v) is 2.13. The van der Waals surface area contributed by atoms with Crippen molar-refractivity contribution in [2.24, 2.45) is 7.05 Å². The van der Waals surface area contributed by atoms with Crippen LogP contribution in [0.15, 0.2) is 24.7 Å². The largest absolute Gasteiger partial charge is 0.349 e. The molecule has 23 heavy (non-hydrogen) atoms. The molecule has 0 unspecified atom stereocenters. The van der Waals surface area contributed by atoms with E-state index in [-0.39, 0.29) is 5.91 Å². The summed E-state index contributed by atoms with van der Waals surface area (Å²) >= 11 is 0. The number of anilines is 1. The van der Waals surface area contributed by atoms with Crippen LogP contribution in [0.1, 0.15) is 10.5 Å². The zero-order chi connectivity index (χ0) is 17.0. The molecule has 0 bridgehead atoms. The first kappa shape index (κ1) is 17.0. The van der Waals surface area contributed by atoms with Gasteiger partial charge in [0.05, 0.1) is 0 Å². The number of rotatable bonds is 6. The van der Waals surface area contributed by atoms with E-state index in [0.29, 0.717) is 18.2 Å². The van der Waals surface area contributed by atoms with Crippen molar-refractivity contribution >= 4 is 11.9 Å². The first-order valence-electron chi connectivity index (χ1n) is 7.47. The van der Waals surface area contributed by atoms with Crippen LogP contribution in [-0.2, 0) is 7.05 Å². The highest BCUT2D eigenvalue weighted by molar-refractivity contribution is 5.94. The highest BCUT2D eigenvalue weighted by Crippen LogP contribution is 2.21. The first-order valence-corrected chi connectivity index (χ1v) is 7.47. The Morgan fingerprint density at radius 3 is 2.39 bits per heavy atom. The minimum atomic E-state index is -0.0774. The third-order valence-electron chi connectivity index (χ3n) is 3.45. The van der Waals surface area contributed by atoms with Crippen LogP contribution in [0.5, 0.6) is 0 Å². The predicted molar refractivity (Wildman–Crippen MR) is 91.7 cm³/mol. The van der Waals surface area contributed by atoms with E-state index in [0.717, 1.165) is 17.7 Å². The van der Waals surface area contributed by atoms with Crippen molar-refractivity contribution in [2.75, 3.05) is 46.2 Å². The number of amides is 1. The Labute approximate surface area is 136 Å². The van der Waals surface area contributed by atoms with Crippen molar-refractivity contribution in [3.05, 3.63) is 30.4 Å². The van der Waals surface area contributed by atoms with Crippen LogP contribution in [0.3, 0.4) is 0 Å². The number of carbonyl (C=O) groups excluding carboxylic acids is 1. The number of nitrogens with zero attached hydrogens (tertiary/aromatic N) is 5. The van der Waals surface area contributed by atoms with Gasteiger partial charge in [0.1, 0.15) is 5.69 Å². The van der Waals surface area contributed by atoms with Crippen molar-refractivity contribution in [1.82, 2.24) is 24.8 Å². The molecule has 1 N–H and O–H groups in total. The number of aryl methyl sites for hydroxylation is 1. The lowest BCUT2D eigenvalue weighted by Crippen LogP contribution is -2.32. The van der Waals surface area contributed by atoms with Gasteiger partial charge in [-0.25, -0.2) is 9.97 Å². The summed E-state index contributed by atoms with van der Waals surface area (Å²) in [6.07, 6.45) is 5.45. The predicted octanol–water partition coefficient (Wildman–Crippen LogP) is 0.839. The number of likely N-dealkylation sites (N-methyl/N-ethyl adjacent to an activating group) is 1. The summed E-state index contributed by atoms with van der Waals surface area (Å²) < 4.78 is 1.82. The molecular formula is C16H24N6O. The number of carbonyl (C=O) groups is 1. The molecule has 2 aromatic heterocycles. The average molecular weight is 316 g/mol. The molecule has 0 saturated heterocycles. The zero-order valence-electron chi connectivity index (χ0n) is 14.4. The van der Waals surface area contributed by atoms with E-state index in [1.165, 1.54) is 0 Å². The number of hydrogen-bond acceptors (Lipinski definition) is 5. The van der Waals surface area contributed by atoms with Crippen molar-refractivity contribution < 1.29 is 4.79 Å². The first-order chi connectivity index (χ1) is 10.9. The minimum Gasteiger partial charge on any atom is -0.349 e. The van der Waals surface area contributed by atoms with Crippen LogP contribution < -0.4 is 10.2 Å². The van der Waals surface area contributed by atoms with Gasteiger partial charge in [0.2, 0.25) is 5.95 Å². The SMILES string of the molecule is CN(C)CCNC(=O)c1cc(-c2cnc(N(C)C)nc2)cn1C. The van der Waals surface area contributed by atoms with Crippen LogP contribution in [-0.4, -0.2) is 66.6 Å². The molecule has 2 heterocycles. The highest BCUT2D eigenvalue weighted by Gasteiger charge is 2.13. The molecule has 0 saturated carbocycles. The molecule has 0 spiro atoms. The lowest BCUT2D eigenvalue weighted by molar-refractivity contribution is 0.0943. The third-order valence-corrected chi connectivity index (χ3v) is 3.45. The summed E-state index contributed by atoms with van der Waals surface area (Å²) in [7, 11) is 9.61. The molecule has 0 aromatic carbocycles. The lowest BCUT2D eigenvalue weighted by atomic mass is 10.2. The second-order valence-electron chi connectivity index (χ2n) is 5.95.